The molecule has 0 saturated carbocycles. The molecule has 5 rings (SSSR count). The number of imidazole rings is 1. The van der Waals surface area contributed by atoms with Crippen molar-refractivity contribution in [2.45, 2.75) is 20.8 Å². The van der Waals surface area contributed by atoms with E-state index in [4.69, 9.17) is 0 Å². The predicted octanol–water partition coefficient (Wildman–Crippen LogP) is 4.56. The Hall–Kier alpha value is -3.41. The average molecular weight is 357 g/mol. The summed E-state index contributed by atoms with van der Waals surface area (Å²) in [6, 6.07) is 11.0. The molecule has 0 amide bonds. The van der Waals surface area contributed by atoms with Crippen LogP contribution in [0.1, 0.15) is 17.2 Å². The second kappa shape index (κ2) is 5.54. The summed E-state index contributed by atoms with van der Waals surface area (Å²) in [6.45, 7) is 5.86. The molecule has 4 aromatic heterocycles. The molecule has 5 nitrogen and oxygen atoms in total. The minimum Gasteiger partial charge on any atom is -0.291 e. The van der Waals surface area contributed by atoms with Crippen LogP contribution >= 0.6 is 0 Å². The molecule has 0 radical (unpaired) electrons. The fourth-order valence-electron chi connectivity index (χ4n) is 3.91. The Kier molecular flexibility index (Phi) is 3.25. The van der Waals surface area contributed by atoms with Crippen molar-refractivity contribution in [1.82, 2.24) is 24.3 Å². The van der Waals surface area contributed by atoms with Crippen molar-refractivity contribution < 1.29 is 4.39 Å². The molecule has 132 valence electrons. The van der Waals surface area contributed by atoms with E-state index in [2.05, 4.69) is 24.3 Å². The van der Waals surface area contributed by atoms with Crippen LogP contribution in [0.2, 0.25) is 0 Å². The van der Waals surface area contributed by atoms with Gasteiger partial charge in [-0.05, 0) is 39.0 Å². The van der Waals surface area contributed by atoms with E-state index < -0.39 is 5.95 Å². The molecule has 0 fully saturated rings. The Morgan fingerprint density at radius 2 is 1.59 bits per heavy atom. The zero-order valence-corrected chi connectivity index (χ0v) is 15.2. The summed E-state index contributed by atoms with van der Waals surface area (Å²) in [5, 5.41) is 1.69. The molecule has 0 saturated heterocycles. The van der Waals surface area contributed by atoms with Gasteiger partial charge in [0.05, 0.1) is 34.3 Å². The minimum absolute atomic E-state index is 0.498. The third kappa shape index (κ3) is 2.23. The first kappa shape index (κ1) is 15.8. The number of benzene rings is 1. The highest BCUT2D eigenvalue weighted by Gasteiger charge is 2.18. The summed E-state index contributed by atoms with van der Waals surface area (Å²) in [5.74, 6) is 0.250. The maximum Gasteiger partial charge on any atom is 0.213 e. The van der Waals surface area contributed by atoms with Crippen LogP contribution in [0.15, 0.2) is 42.6 Å². The molecule has 0 spiro atoms. The molecule has 1 aromatic carbocycles. The van der Waals surface area contributed by atoms with Crippen LogP contribution in [-0.4, -0.2) is 24.3 Å². The Bertz CT molecular complexity index is 1350. The third-order valence-corrected chi connectivity index (χ3v) is 4.90. The number of fused-ring (bicyclic) bond motifs is 6. The van der Waals surface area contributed by atoms with Gasteiger partial charge in [0.15, 0.2) is 0 Å². The number of rotatable bonds is 1. The summed E-state index contributed by atoms with van der Waals surface area (Å²) < 4.78 is 15.9. The van der Waals surface area contributed by atoms with Crippen LogP contribution in [0.4, 0.5) is 4.39 Å². The summed E-state index contributed by atoms with van der Waals surface area (Å²) in [7, 11) is 0. The van der Waals surface area contributed by atoms with Gasteiger partial charge in [-0.25, -0.2) is 19.9 Å². The molecule has 0 N–H and O–H groups in total. The molecular weight excluding hydrogens is 341 g/mol. The molecule has 0 aliphatic heterocycles. The van der Waals surface area contributed by atoms with Gasteiger partial charge < -0.3 is 0 Å². The largest absolute Gasteiger partial charge is 0.291 e. The maximum atomic E-state index is 13.8. The van der Waals surface area contributed by atoms with Gasteiger partial charge in [-0.1, -0.05) is 18.2 Å². The van der Waals surface area contributed by atoms with E-state index in [1.807, 2.05) is 51.2 Å². The van der Waals surface area contributed by atoms with Crippen molar-refractivity contribution in [2.75, 3.05) is 0 Å². The third-order valence-electron chi connectivity index (χ3n) is 4.90. The van der Waals surface area contributed by atoms with Crippen molar-refractivity contribution in [3.05, 3.63) is 65.8 Å². The van der Waals surface area contributed by atoms with Crippen LogP contribution in [-0.2, 0) is 0 Å². The Labute approximate surface area is 154 Å². The first-order valence-corrected chi connectivity index (χ1v) is 8.71. The van der Waals surface area contributed by atoms with Gasteiger partial charge in [0, 0.05) is 16.3 Å². The highest BCUT2D eigenvalue weighted by atomic mass is 19.1. The minimum atomic E-state index is -0.498. The highest BCUT2D eigenvalue weighted by molar-refractivity contribution is 6.10. The van der Waals surface area contributed by atoms with Crippen molar-refractivity contribution in [2.24, 2.45) is 0 Å². The second-order valence-electron chi connectivity index (χ2n) is 6.67. The van der Waals surface area contributed by atoms with Gasteiger partial charge >= 0.3 is 0 Å². The quantitative estimate of drug-likeness (QED) is 0.326. The first-order valence-electron chi connectivity index (χ1n) is 8.71. The van der Waals surface area contributed by atoms with Crippen LogP contribution < -0.4 is 0 Å². The Morgan fingerprint density at radius 1 is 0.852 bits per heavy atom. The number of aryl methyl sites for hydroxylation is 3. The number of para-hydroxylation sites is 1. The van der Waals surface area contributed by atoms with Gasteiger partial charge in [-0.3, -0.25) is 4.40 Å². The number of nitrogens with zero attached hydrogens (tertiary/aromatic N) is 5. The van der Waals surface area contributed by atoms with Crippen molar-refractivity contribution in [3.63, 3.8) is 0 Å². The zero-order valence-electron chi connectivity index (χ0n) is 15.2. The fourth-order valence-corrected chi connectivity index (χ4v) is 3.91. The normalized spacial score (nSPS) is 11.7. The summed E-state index contributed by atoms with van der Waals surface area (Å²) >= 11 is 0. The number of aromatic nitrogens is 5. The lowest BCUT2D eigenvalue weighted by Crippen LogP contribution is -2.02. The van der Waals surface area contributed by atoms with Crippen molar-refractivity contribution in [3.8, 4) is 11.3 Å². The Balaban J connectivity index is 2.02. The molecule has 0 aliphatic carbocycles. The molecule has 27 heavy (non-hydrogen) atoms. The van der Waals surface area contributed by atoms with Gasteiger partial charge in [0.1, 0.15) is 11.5 Å². The molecule has 6 heteroatoms. The number of pyridine rings is 2. The molecule has 0 unspecified atom stereocenters. The summed E-state index contributed by atoms with van der Waals surface area (Å²) in [5.41, 5.74) is 5.97. The van der Waals surface area contributed by atoms with E-state index in [0.717, 1.165) is 50.4 Å². The van der Waals surface area contributed by atoms with E-state index in [9.17, 15) is 4.39 Å². The van der Waals surface area contributed by atoms with E-state index in [1.54, 1.807) is 6.07 Å². The smallest absolute Gasteiger partial charge is 0.213 e. The number of hydrogen-bond donors (Lipinski definition) is 0. The first-order chi connectivity index (χ1) is 13.0. The molecule has 0 bridgehead atoms. The monoisotopic (exact) mass is 357 g/mol. The number of hydrogen-bond acceptors (Lipinski definition) is 4. The van der Waals surface area contributed by atoms with Gasteiger partial charge in [-0.2, -0.15) is 4.39 Å². The van der Waals surface area contributed by atoms with E-state index in [0.29, 0.717) is 5.52 Å². The summed E-state index contributed by atoms with van der Waals surface area (Å²) in [4.78, 5) is 17.9. The van der Waals surface area contributed by atoms with Crippen LogP contribution in [0.25, 0.3) is 38.7 Å². The summed E-state index contributed by atoms with van der Waals surface area (Å²) in [6.07, 6.45) is 1.83. The molecule has 0 atom stereocenters. The SMILES string of the molecule is Cc1nc(C)c(-c2cnc3c4ccc(F)nc4c4ccccc4n23)c(C)n1. The Morgan fingerprint density at radius 3 is 2.37 bits per heavy atom. The lowest BCUT2D eigenvalue weighted by atomic mass is 10.1. The highest BCUT2D eigenvalue weighted by Crippen LogP contribution is 2.33. The second-order valence-corrected chi connectivity index (χ2v) is 6.67. The average Bonchev–Trinajstić information content (AvgIpc) is 3.06. The number of halogens is 1. The zero-order chi connectivity index (χ0) is 18.7. The maximum absolute atomic E-state index is 13.8. The topological polar surface area (TPSA) is 56.0 Å². The molecular formula is C21H16FN5. The lowest BCUT2D eigenvalue weighted by Gasteiger charge is -2.13. The van der Waals surface area contributed by atoms with Crippen LogP contribution in [0, 0.1) is 26.7 Å². The molecule has 5 aromatic rings. The fraction of sp³-hybridized carbons (Fsp3) is 0.143. The standard InChI is InChI=1S/C21H16FN5/c1-11-19(12(2)25-13(3)24-11)17-10-23-21-15-8-9-18(22)26-20(15)14-6-4-5-7-16(14)27(17)21/h4-10H,1-3H3. The van der Waals surface area contributed by atoms with E-state index in [-0.39, 0.29) is 0 Å². The van der Waals surface area contributed by atoms with E-state index >= 15 is 0 Å². The van der Waals surface area contributed by atoms with Crippen LogP contribution in [0.3, 0.4) is 0 Å². The van der Waals surface area contributed by atoms with Crippen molar-refractivity contribution in [1.29, 1.82) is 0 Å². The van der Waals surface area contributed by atoms with Gasteiger partial charge in [0.2, 0.25) is 5.95 Å². The lowest BCUT2D eigenvalue weighted by molar-refractivity contribution is 0.589. The van der Waals surface area contributed by atoms with Gasteiger partial charge in [-0.15, -0.1) is 0 Å². The molecule has 0 aliphatic rings. The molecule has 4 heterocycles. The predicted molar refractivity (Wildman–Crippen MR) is 103 cm³/mol. The van der Waals surface area contributed by atoms with Crippen molar-refractivity contribution >= 4 is 27.5 Å². The van der Waals surface area contributed by atoms with E-state index in [1.165, 1.54) is 6.07 Å². The van der Waals surface area contributed by atoms with Gasteiger partial charge in [0.25, 0.3) is 0 Å². The van der Waals surface area contributed by atoms with Crippen LogP contribution in [0.5, 0.6) is 0 Å².